The van der Waals surface area contributed by atoms with Crippen LogP contribution in [-0.4, -0.2) is 30.4 Å². The first-order valence-corrected chi connectivity index (χ1v) is 10.4. The molecule has 1 unspecified atom stereocenters. The molecule has 3 aromatic rings. The smallest absolute Gasteiger partial charge is 0.259 e. The number of rotatable bonds is 6. The molecule has 0 bridgehead atoms. The van der Waals surface area contributed by atoms with Crippen LogP contribution in [0.3, 0.4) is 0 Å². The molecule has 2 N–H and O–H groups in total. The van der Waals surface area contributed by atoms with Crippen LogP contribution < -0.4 is 20.3 Å². The van der Waals surface area contributed by atoms with E-state index in [9.17, 15) is 14.4 Å². The molecule has 162 valence electrons. The Bertz CT molecular complexity index is 1150. The zero-order valence-corrected chi connectivity index (χ0v) is 17.6. The zero-order valence-electron chi connectivity index (χ0n) is 17.6. The van der Waals surface area contributed by atoms with Crippen LogP contribution in [0.15, 0.2) is 78.9 Å². The fraction of sp³-hybridized carbons (Fsp3) is 0.160. The van der Waals surface area contributed by atoms with Crippen molar-refractivity contribution in [3.63, 3.8) is 0 Å². The number of anilines is 3. The minimum atomic E-state index is -1.00. The third kappa shape index (κ3) is 4.32. The highest BCUT2D eigenvalue weighted by Crippen LogP contribution is 2.34. The highest BCUT2D eigenvalue weighted by molar-refractivity contribution is 6.17. The number of amides is 3. The van der Waals surface area contributed by atoms with Crippen molar-refractivity contribution in [1.29, 1.82) is 0 Å². The van der Waals surface area contributed by atoms with Crippen LogP contribution in [0.25, 0.3) is 0 Å². The van der Waals surface area contributed by atoms with E-state index >= 15 is 0 Å². The quantitative estimate of drug-likeness (QED) is 0.618. The number of fused-ring (bicyclic) bond motifs is 1. The monoisotopic (exact) mass is 429 g/mol. The lowest BCUT2D eigenvalue weighted by atomic mass is 10.0. The molecule has 3 amide bonds. The number of hydrogen-bond donors (Lipinski definition) is 2. The summed E-state index contributed by atoms with van der Waals surface area (Å²) in [5, 5.41) is 5.61. The summed E-state index contributed by atoms with van der Waals surface area (Å²) < 4.78 is 5.55. The molecule has 0 saturated carbocycles. The van der Waals surface area contributed by atoms with Crippen LogP contribution in [0.4, 0.5) is 17.1 Å². The van der Waals surface area contributed by atoms with Crippen molar-refractivity contribution in [2.75, 3.05) is 22.1 Å². The van der Waals surface area contributed by atoms with Gasteiger partial charge in [-0.25, -0.2) is 0 Å². The molecule has 1 heterocycles. The zero-order chi connectivity index (χ0) is 22.5. The number of nitrogens with one attached hydrogen (secondary N) is 2. The van der Waals surface area contributed by atoms with Gasteiger partial charge in [0.05, 0.1) is 30.1 Å². The van der Waals surface area contributed by atoms with Crippen LogP contribution in [0.5, 0.6) is 5.75 Å². The summed E-state index contributed by atoms with van der Waals surface area (Å²) in [6.07, 6.45) is -0.209. The molecule has 4 rings (SSSR count). The van der Waals surface area contributed by atoms with E-state index in [2.05, 4.69) is 10.6 Å². The first-order chi connectivity index (χ1) is 15.6. The van der Waals surface area contributed by atoms with E-state index in [0.717, 1.165) is 0 Å². The Morgan fingerprint density at radius 1 is 0.969 bits per heavy atom. The lowest BCUT2D eigenvalue weighted by Crippen LogP contribution is -2.52. The Hall–Kier alpha value is -4.13. The van der Waals surface area contributed by atoms with Crippen molar-refractivity contribution in [1.82, 2.24) is 0 Å². The van der Waals surface area contributed by atoms with E-state index in [0.29, 0.717) is 35.0 Å². The van der Waals surface area contributed by atoms with Gasteiger partial charge in [0.15, 0.2) is 0 Å². The summed E-state index contributed by atoms with van der Waals surface area (Å²) in [5.74, 6) is -0.622. The summed E-state index contributed by atoms with van der Waals surface area (Å²) >= 11 is 0. The van der Waals surface area contributed by atoms with Crippen LogP contribution >= 0.6 is 0 Å². The van der Waals surface area contributed by atoms with Crippen molar-refractivity contribution in [3.05, 3.63) is 84.4 Å². The van der Waals surface area contributed by atoms with Gasteiger partial charge >= 0.3 is 0 Å². The summed E-state index contributed by atoms with van der Waals surface area (Å²) in [6.45, 7) is 2.31. The summed E-state index contributed by atoms with van der Waals surface area (Å²) in [7, 11) is 0. The molecule has 7 heteroatoms. The largest absolute Gasteiger partial charge is 0.492 e. The highest BCUT2D eigenvalue weighted by Gasteiger charge is 2.38. The first kappa shape index (κ1) is 21.1. The second-order valence-corrected chi connectivity index (χ2v) is 7.24. The second-order valence-electron chi connectivity index (χ2n) is 7.24. The van der Waals surface area contributed by atoms with Gasteiger partial charge in [0.25, 0.3) is 5.91 Å². The molecular formula is C25H23N3O4. The number of benzene rings is 3. The third-order valence-electron chi connectivity index (χ3n) is 5.12. The molecule has 0 radical (unpaired) electrons. The predicted molar refractivity (Wildman–Crippen MR) is 123 cm³/mol. The van der Waals surface area contributed by atoms with Gasteiger partial charge in [-0.1, -0.05) is 42.5 Å². The summed E-state index contributed by atoms with van der Waals surface area (Å²) in [4.78, 5) is 40.7. The molecule has 1 atom stereocenters. The molecule has 1 aliphatic rings. The van der Waals surface area contributed by atoms with E-state index in [4.69, 9.17) is 4.74 Å². The van der Waals surface area contributed by atoms with Crippen LogP contribution in [0.1, 0.15) is 23.7 Å². The Morgan fingerprint density at radius 2 is 1.66 bits per heavy atom. The summed E-state index contributed by atoms with van der Waals surface area (Å²) in [6, 6.07) is 21.8. The molecule has 7 nitrogen and oxygen atoms in total. The molecule has 0 saturated heterocycles. The van der Waals surface area contributed by atoms with E-state index < -0.39 is 17.9 Å². The highest BCUT2D eigenvalue weighted by atomic mass is 16.5. The Kier molecular flexibility index (Phi) is 6.17. The number of ether oxygens (including phenoxy) is 1. The van der Waals surface area contributed by atoms with Crippen molar-refractivity contribution in [3.8, 4) is 5.75 Å². The van der Waals surface area contributed by atoms with Crippen molar-refractivity contribution in [2.45, 2.75) is 19.4 Å². The van der Waals surface area contributed by atoms with Crippen molar-refractivity contribution < 1.29 is 19.1 Å². The molecule has 3 aromatic carbocycles. The van der Waals surface area contributed by atoms with Gasteiger partial charge in [-0.05, 0) is 43.3 Å². The number of carbonyl (C=O) groups is 3. The van der Waals surface area contributed by atoms with E-state index in [1.165, 1.54) is 4.90 Å². The lowest BCUT2D eigenvalue weighted by molar-refractivity contribution is -0.122. The molecule has 0 aromatic heterocycles. The molecule has 0 aliphatic carbocycles. The van der Waals surface area contributed by atoms with E-state index in [1.54, 1.807) is 66.7 Å². The number of hydrogen-bond acceptors (Lipinski definition) is 4. The Labute approximate surface area is 186 Å². The Balaban J connectivity index is 1.63. The van der Waals surface area contributed by atoms with Gasteiger partial charge in [0, 0.05) is 5.56 Å². The van der Waals surface area contributed by atoms with Gasteiger partial charge in [-0.3, -0.25) is 19.3 Å². The number of para-hydroxylation sites is 4. The standard InChI is InChI=1S/C25H23N3O4/c1-2-32-22-15-9-7-13-19(22)26-23(29)16-21-24(30)27-18-12-6-8-14-20(18)28(21)25(31)17-10-4-3-5-11-17/h3-15,21H,2,16H2,1H3,(H,26,29)(H,27,30). The van der Waals surface area contributed by atoms with Gasteiger partial charge in [-0.15, -0.1) is 0 Å². The molecule has 1 aliphatic heterocycles. The third-order valence-corrected chi connectivity index (χ3v) is 5.12. The van der Waals surface area contributed by atoms with Crippen LogP contribution in [0.2, 0.25) is 0 Å². The van der Waals surface area contributed by atoms with E-state index in [1.807, 2.05) is 19.1 Å². The van der Waals surface area contributed by atoms with Crippen LogP contribution in [-0.2, 0) is 9.59 Å². The second kappa shape index (κ2) is 9.34. The minimum Gasteiger partial charge on any atom is -0.492 e. The SMILES string of the molecule is CCOc1ccccc1NC(=O)CC1C(=O)Nc2ccccc2N1C(=O)c1ccccc1. The normalized spacial score (nSPS) is 14.8. The average Bonchev–Trinajstić information content (AvgIpc) is 2.81. The minimum absolute atomic E-state index is 0.209. The Morgan fingerprint density at radius 3 is 2.44 bits per heavy atom. The number of nitrogens with zero attached hydrogens (tertiary/aromatic N) is 1. The fourth-order valence-corrected chi connectivity index (χ4v) is 3.67. The van der Waals surface area contributed by atoms with Gasteiger partial charge in [0.2, 0.25) is 11.8 Å². The topological polar surface area (TPSA) is 87.7 Å². The number of carbonyl (C=O) groups excluding carboxylic acids is 3. The fourth-order valence-electron chi connectivity index (χ4n) is 3.67. The van der Waals surface area contributed by atoms with E-state index in [-0.39, 0.29) is 12.3 Å². The molecule has 0 fully saturated rings. The van der Waals surface area contributed by atoms with Crippen molar-refractivity contribution >= 4 is 34.8 Å². The van der Waals surface area contributed by atoms with Gasteiger partial charge in [0.1, 0.15) is 11.8 Å². The molecule has 32 heavy (non-hydrogen) atoms. The predicted octanol–water partition coefficient (Wildman–Crippen LogP) is 4.08. The van der Waals surface area contributed by atoms with Crippen LogP contribution in [0, 0.1) is 0 Å². The lowest BCUT2D eigenvalue weighted by Gasteiger charge is -2.36. The van der Waals surface area contributed by atoms with Gasteiger partial charge < -0.3 is 15.4 Å². The first-order valence-electron chi connectivity index (χ1n) is 10.4. The maximum Gasteiger partial charge on any atom is 0.259 e. The molecular weight excluding hydrogens is 406 g/mol. The average molecular weight is 429 g/mol. The maximum atomic E-state index is 13.4. The van der Waals surface area contributed by atoms with Crippen molar-refractivity contribution in [2.24, 2.45) is 0 Å². The summed E-state index contributed by atoms with van der Waals surface area (Å²) in [5.41, 5.74) is 2.02. The van der Waals surface area contributed by atoms with Gasteiger partial charge in [-0.2, -0.15) is 0 Å². The maximum absolute atomic E-state index is 13.4. The molecule has 0 spiro atoms.